The SMILES string of the molecule is CSc1nnc(CCCNC(=O)c2sccc2-c2ccc(C)cc2)n1C1CCCC1. The van der Waals surface area contributed by atoms with Crippen LogP contribution in [0.25, 0.3) is 11.1 Å². The molecular formula is C23H28N4OS2. The van der Waals surface area contributed by atoms with E-state index in [0.717, 1.165) is 39.8 Å². The molecule has 0 spiro atoms. The maximum atomic E-state index is 12.8. The Kier molecular flexibility index (Phi) is 6.89. The molecule has 1 aromatic carbocycles. The highest BCUT2D eigenvalue weighted by atomic mass is 32.2. The summed E-state index contributed by atoms with van der Waals surface area (Å²) in [6, 6.07) is 10.9. The fraction of sp³-hybridized carbons (Fsp3) is 0.435. The number of rotatable bonds is 8. The Morgan fingerprint density at radius 1 is 1.20 bits per heavy atom. The molecule has 5 nitrogen and oxygen atoms in total. The van der Waals surface area contributed by atoms with Crippen LogP contribution in [0.4, 0.5) is 0 Å². The highest BCUT2D eigenvalue weighted by Gasteiger charge is 2.23. The molecule has 2 heterocycles. The van der Waals surface area contributed by atoms with Crippen molar-refractivity contribution in [2.75, 3.05) is 12.8 Å². The Morgan fingerprint density at radius 3 is 2.70 bits per heavy atom. The van der Waals surface area contributed by atoms with Gasteiger partial charge < -0.3 is 9.88 Å². The van der Waals surface area contributed by atoms with Crippen molar-refractivity contribution in [2.45, 2.75) is 56.6 Å². The third-order valence-electron chi connectivity index (χ3n) is 5.70. The molecule has 1 N–H and O–H groups in total. The first-order valence-corrected chi connectivity index (χ1v) is 12.7. The van der Waals surface area contributed by atoms with E-state index < -0.39 is 0 Å². The van der Waals surface area contributed by atoms with Gasteiger partial charge in [0, 0.05) is 24.6 Å². The maximum Gasteiger partial charge on any atom is 0.261 e. The van der Waals surface area contributed by atoms with Crippen LogP contribution in [0.15, 0.2) is 40.9 Å². The van der Waals surface area contributed by atoms with Gasteiger partial charge in [-0.05, 0) is 49.5 Å². The molecule has 0 bridgehead atoms. The van der Waals surface area contributed by atoms with Gasteiger partial charge in [-0.25, -0.2) is 0 Å². The molecule has 0 saturated heterocycles. The molecule has 2 aromatic heterocycles. The number of aryl methyl sites for hydroxylation is 2. The summed E-state index contributed by atoms with van der Waals surface area (Å²) in [5, 5.41) is 14.9. The molecule has 0 unspecified atom stereocenters. The molecule has 0 aliphatic heterocycles. The first kappa shape index (κ1) is 21.1. The van der Waals surface area contributed by atoms with Crippen LogP contribution in [0.3, 0.4) is 0 Å². The van der Waals surface area contributed by atoms with E-state index >= 15 is 0 Å². The molecule has 1 fully saturated rings. The van der Waals surface area contributed by atoms with E-state index in [1.807, 2.05) is 11.4 Å². The monoisotopic (exact) mass is 440 g/mol. The van der Waals surface area contributed by atoms with Crippen molar-refractivity contribution in [3.8, 4) is 11.1 Å². The van der Waals surface area contributed by atoms with Gasteiger partial charge in [-0.3, -0.25) is 4.79 Å². The van der Waals surface area contributed by atoms with Crippen molar-refractivity contribution in [3.05, 3.63) is 52.0 Å². The summed E-state index contributed by atoms with van der Waals surface area (Å²) in [5.74, 6) is 1.06. The first-order valence-electron chi connectivity index (χ1n) is 10.6. The third-order valence-corrected chi connectivity index (χ3v) is 7.26. The number of thioether (sulfide) groups is 1. The number of amides is 1. The number of carbonyl (C=O) groups excluding carboxylic acids is 1. The average Bonchev–Trinajstić information content (AvgIpc) is 3.51. The molecule has 158 valence electrons. The zero-order valence-electron chi connectivity index (χ0n) is 17.6. The normalized spacial score (nSPS) is 14.3. The van der Waals surface area contributed by atoms with Crippen LogP contribution in [0.1, 0.15) is 59.2 Å². The number of hydrogen-bond acceptors (Lipinski definition) is 5. The summed E-state index contributed by atoms with van der Waals surface area (Å²) >= 11 is 3.16. The fourth-order valence-electron chi connectivity index (χ4n) is 4.12. The van der Waals surface area contributed by atoms with Gasteiger partial charge in [0.1, 0.15) is 5.82 Å². The molecule has 3 aromatic rings. The zero-order valence-corrected chi connectivity index (χ0v) is 19.2. The van der Waals surface area contributed by atoms with Gasteiger partial charge in [-0.15, -0.1) is 21.5 Å². The predicted octanol–water partition coefficient (Wildman–Crippen LogP) is 5.51. The fourth-order valence-corrected chi connectivity index (χ4v) is 5.53. The number of benzene rings is 1. The van der Waals surface area contributed by atoms with E-state index in [-0.39, 0.29) is 5.91 Å². The lowest BCUT2D eigenvalue weighted by molar-refractivity contribution is 0.0957. The van der Waals surface area contributed by atoms with Crippen molar-refractivity contribution in [1.29, 1.82) is 0 Å². The Balaban J connectivity index is 1.35. The highest BCUT2D eigenvalue weighted by Crippen LogP contribution is 2.33. The zero-order chi connectivity index (χ0) is 20.9. The number of aromatic nitrogens is 3. The molecule has 0 radical (unpaired) electrons. The first-order chi connectivity index (χ1) is 14.7. The Hall–Kier alpha value is -2.12. The van der Waals surface area contributed by atoms with Crippen LogP contribution in [0.2, 0.25) is 0 Å². The molecule has 4 rings (SSSR count). The van der Waals surface area contributed by atoms with Gasteiger partial charge in [0.05, 0.1) is 4.88 Å². The summed E-state index contributed by atoms with van der Waals surface area (Å²) < 4.78 is 2.34. The summed E-state index contributed by atoms with van der Waals surface area (Å²) in [6.07, 6.45) is 8.76. The van der Waals surface area contributed by atoms with Crippen molar-refractivity contribution in [3.63, 3.8) is 0 Å². The number of nitrogens with one attached hydrogen (secondary N) is 1. The largest absolute Gasteiger partial charge is 0.351 e. The summed E-state index contributed by atoms with van der Waals surface area (Å²) in [5.41, 5.74) is 3.31. The topological polar surface area (TPSA) is 59.8 Å². The molecule has 1 aliphatic carbocycles. The van der Waals surface area contributed by atoms with Gasteiger partial charge in [0.15, 0.2) is 5.16 Å². The van der Waals surface area contributed by atoms with Crippen molar-refractivity contribution in [2.24, 2.45) is 0 Å². The van der Waals surface area contributed by atoms with Crippen LogP contribution in [0.5, 0.6) is 0 Å². The lowest BCUT2D eigenvalue weighted by Crippen LogP contribution is -2.24. The second-order valence-electron chi connectivity index (χ2n) is 7.80. The Bertz CT molecular complexity index is 987. The van der Waals surface area contributed by atoms with E-state index in [4.69, 9.17) is 0 Å². The van der Waals surface area contributed by atoms with Crippen LogP contribution in [-0.4, -0.2) is 33.5 Å². The molecule has 1 amide bonds. The van der Waals surface area contributed by atoms with E-state index in [1.54, 1.807) is 11.8 Å². The van der Waals surface area contributed by atoms with Crippen LogP contribution in [0, 0.1) is 6.92 Å². The van der Waals surface area contributed by atoms with Crippen molar-refractivity contribution >= 4 is 29.0 Å². The van der Waals surface area contributed by atoms with Gasteiger partial charge in [-0.2, -0.15) is 0 Å². The molecule has 0 atom stereocenters. The van der Waals surface area contributed by atoms with E-state index in [9.17, 15) is 4.79 Å². The van der Waals surface area contributed by atoms with Crippen LogP contribution in [-0.2, 0) is 6.42 Å². The quantitative estimate of drug-likeness (QED) is 0.370. The lowest BCUT2D eigenvalue weighted by Gasteiger charge is -2.16. The smallest absolute Gasteiger partial charge is 0.261 e. The predicted molar refractivity (Wildman–Crippen MR) is 124 cm³/mol. The Labute approximate surface area is 186 Å². The van der Waals surface area contributed by atoms with Crippen molar-refractivity contribution < 1.29 is 4.79 Å². The van der Waals surface area contributed by atoms with Gasteiger partial charge in [0.25, 0.3) is 5.91 Å². The van der Waals surface area contributed by atoms with E-state index in [2.05, 4.69) is 57.5 Å². The summed E-state index contributed by atoms with van der Waals surface area (Å²) in [6.45, 7) is 2.71. The lowest BCUT2D eigenvalue weighted by atomic mass is 10.0. The average molecular weight is 441 g/mol. The van der Waals surface area contributed by atoms with Crippen molar-refractivity contribution in [1.82, 2.24) is 20.1 Å². The minimum Gasteiger partial charge on any atom is -0.351 e. The summed E-state index contributed by atoms with van der Waals surface area (Å²) in [7, 11) is 0. The molecule has 1 aliphatic rings. The number of thiophene rings is 1. The van der Waals surface area contributed by atoms with Gasteiger partial charge >= 0.3 is 0 Å². The molecular weight excluding hydrogens is 412 g/mol. The third kappa shape index (κ3) is 4.62. The standard InChI is InChI=1S/C23H28N4OS2/c1-16-9-11-17(12-10-16)19-13-15-30-21(19)22(28)24-14-5-8-20-25-26-23(29-2)27(20)18-6-3-4-7-18/h9-13,15,18H,3-8,14H2,1-2H3,(H,24,28). The highest BCUT2D eigenvalue weighted by molar-refractivity contribution is 7.98. The van der Waals surface area contributed by atoms with Gasteiger partial charge in [0.2, 0.25) is 0 Å². The molecule has 7 heteroatoms. The number of hydrogen-bond donors (Lipinski definition) is 1. The van der Waals surface area contributed by atoms with E-state index in [0.29, 0.717) is 12.6 Å². The van der Waals surface area contributed by atoms with E-state index in [1.165, 1.54) is 42.6 Å². The molecule has 1 saturated carbocycles. The second-order valence-corrected chi connectivity index (χ2v) is 9.49. The summed E-state index contributed by atoms with van der Waals surface area (Å²) in [4.78, 5) is 13.5. The molecule has 30 heavy (non-hydrogen) atoms. The Morgan fingerprint density at radius 2 is 1.97 bits per heavy atom. The second kappa shape index (κ2) is 9.79. The minimum absolute atomic E-state index is 0.00244. The van der Waals surface area contributed by atoms with Crippen LogP contribution < -0.4 is 5.32 Å². The van der Waals surface area contributed by atoms with Crippen LogP contribution >= 0.6 is 23.1 Å². The maximum absolute atomic E-state index is 12.8. The van der Waals surface area contributed by atoms with Gasteiger partial charge in [-0.1, -0.05) is 54.4 Å². The minimum atomic E-state index is 0.00244. The number of carbonyl (C=O) groups is 1. The number of nitrogens with zero attached hydrogens (tertiary/aromatic N) is 3.